The minimum absolute atomic E-state index is 0.0297. The molecule has 1 aromatic carbocycles. The summed E-state index contributed by atoms with van der Waals surface area (Å²) >= 11 is 6.30. The van der Waals surface area contributed by atoms with Gasteiger partial charge in [-0.3, -0.25) is 4.79 Å². The van der Waals surface area contributed by atoms with E-state index in [9.17, 15) is 4.79 Å². The highest BCUT2D eigenvalue weighted by molar-refractivity contribution is 6.32. The minimum atomic E-state index is -0.165. The standard InChI is InChI=1S/C24H28ClN3O4/c1-5-18-16(10-8-12-21(29)30-6-2)9-7-11-19(18)22-27-23(32-28-22)17-13-20(25)24(26-14-17)31-15(3)4/h7,9,11,13-15H,5-6,8,10,12H2,1-4H3. The SMILES string of the molecule is CCOC(=O)CCCc1cccc(-c2noc(-c3cnc(OC(C)C)c(Cl)c3)n2)c1CC. The average Bonchev–Trinajstić information content (AvgIpc) is 3.25. The normalized spacial score (nSPS) is 11.1. The van der Waals surface area contributed by atoms with E-state index in [1.54, 1.807) is 12.3 Å². The van der Waals surface area contributed by atoms with Crippen molar-refractivity contribution in [1.29, 1.82) is 0 Å². The molecule has 0 unspecified atom stereocenters. The molecule has 2 heterocycles. The van der Waals surface area contributed by atoms with E-state index in [0.29, 0.717) is 41.2 Å². The van der Waals surface area contributed by atoms with Gasteiger partial charge in [-0.05, 0) is 57.2 Å². The van der Waals surface area contributed by atoms with E-state index in [1.165, 1.54) is 5.56 Å². The third-order valence-electron chi connectivity index (χ3n) is 4.83. The van der Waals surface area contributed by atoms with Gasteiger partial charge in [-0.25, -0.2) is 4.98 Å². The summed E-state index contributed by atoms with van der Waals surface area (Å²) in [5, 5.41) is 4.57. The molecule has 0 bridgehead atoms. The van der Waals surface area contributed by atoms with Crippen LogP contribution in [0.4, 0.5) is 0 Å². The quantitative estimate of drug-likeness (QED) is 0.361. The van der Waals surface area contributed by atoms with Crippen LogP contribution in [-0.2, 0) is 22.4 Å². The number of ether oxygens (including phenoxy) is 2. The van der Waals surface area contributed by atoms with Crippen molar-refractivity contribution in [3.63, 3.8) is 0 Å². The summed E-state index contributed by atoms with van der Waals surface area (Å²) in [6, 6.07) is 7.73. The Kier molecular flexibility index (Phi) is 8.22. The summed E-state index contributed by atoms with van der Waals surface area (Å²) in [5.74, 6) is 1.04. The van der Waals surface area contributed by atoms with Crippen molar-refractivity contribution >= 4 is 17.6 Å². The summed E-state index contributed by atoms with van der Waals surface area (Å²) in [5.41, 5.74) is 3.84. The predicted octanol–water partition coefficient (Wildman–Crippen LogP) is 5.69. The Labute approximate surface area is 193 Å². The van der Waals surface area contributed by atoms with Crippen LogP contribution in [0.5, 0.6) is 5.88 Å². The Balaban J connectivity index is 1.81. The monoisotopic (exact) mass is 457 g/mol. The molecular formula is C24H28ClN3O4. The number of carbonyl (C=O) groups is 1. The first-order chi connectivity index (χ1) is 15.4. The van der Waals surface area contributed by atoms with Crippen molar-refractivity contribution in [3.8, 4) is 28.7 Å². The average molecular weight is 458 g/mol. The molecule has 170 valence electrons. The lowest BCUT2D eigenvalue weighted by Gasteiger charge is -2.11. The summed E-state index contributed by atoms with van der Waals surface area (Å²) in [7, 11) is 0. The van der Waals surface area contributed by atoms with Gasteiger partial charge in [0, 0.05) is 18.2 Å². The second kappa shape index (κ2) is 11.1. The topological polar surface area (TPSA) is 87.3 Å². The van der Waals surface area contributed by atoms with Gasteiger partial charge in [-0.1, -0.05) is 41.9 Å². The van der Waals surface area contributed by atoms with E-state index in [-0.39, 0.29) is 12.1 Å². The van der Waals surface area contributed by atoms with Gasteiger partial charge in [0.1, 0.15) is 5.02 Å². The van der Waals surface area contributed by atoms with Crippen molar-refractivity contribution in [3.05, 3.63) is 46.6 Å². The number of aryl methyl sites for hydroxylation is 1. The molecule has 2 aromatic heterocycles. The largest absolute Gasteiger partial charge is 0.474 e. The molecule has 7 nitrogen and oxygen atoms in total. The first kappa shape index (κ1) is 23.7. The highest BCUT2D eigenvalue weighted by atomic mass is 35.5. The van der Waals surface area contributed by atoms with E-state index in [1.807, 2.05) is 32.9 Å². The number of rotatable bonds is 10. The summed E-state index contributed by atoms with van der Waals surface area (Å²) in [6.45, 7) is 8.13. The number of nitrogens with zero attached hydrogens (tertiary/aromatic N) is 3. The molecule has 3 aromatic rings. The number of hydrogen-bond donors (Lipinski definition) is 0. The number of benzene rings is 1. The smallest absolute Gasteiger partial charge is 0.305 e. The van der Waals surface area contributed by atoms with Gasteiger partial charge in [0.05, 0.1) is 18.3 Å². The Morgan fingerprint density at radius 3 is 2.75 bits per heavy atom. The Morgan fingerprint density at radius 2 is 2.06 bits per heavy atom. The Morgan fingerprint density at radius 1 is 1.25 bits per heavy atom. The van der Waals surface area contributed by atoms with Crippen LogP contribution >= 0.6 is 11.6 Å². The van der Waals surface area contributed by atoms with Crippen molar-refractivity contribution in [1.82, 2.24) is 15.1 Å². The van der Waals surface area contributed by atoms with Gasteiger partial charge >= 0.3 is 5.97 Å². The third kappa shape index (κ3) is 5.85. The zero-order chi connectivity index (χ0) is 23.1. The maximum atomic E-state index is 11.6. The maximum Gasteiger partial charge on any atom is 0.305 e. The van der Waals surface area contributed by atoms with Gasteiger partial charge in [0.15, 0.2) is 0 Å². The first-order valence-corrected chi connectivity index (χ1v) is 11.2. The lowest BCUT2D eigenvalue weighted by Crippen LogP contribution is -2.07. The van der Waals surface area contributed by atoms with Crippen LogP contribution in [-0.4, -0.2) is 33.8 Å². The number of aromatic nitrogens is 3. The van der Waals surface area contributed by atoms with Gasteiger partial charge in [0.25, 0.3) is 5.89 Å². The molecule has 0 aliphatic heterocycles. The van der Waals surface area contributed by atoms with Gasteiger partial charge in [-0.15, -0.1) is 0 Å². The van der Waals surface area contributed by atoms with Gasteiger partial charge in [-0.2, -0.15) is 4.98 Å². The van der Waals surface area contributed by atoms with Crippen LogP contribution < -0.4 is 4.74 Å². The van der Waals surface area contributed by atoms with E-state index < -0.39 is 0 Å². The lowest BCUT2D eigenvalue weighted by molar-refractivity contribution is -0.143. The molecule has 0 aliphatic carbocycles. The maximum absolute atomic E-state index is 11.6. The Hall–Kier alpha value is -2.93. The number of carbonyl (C=O) groups excluding carboxylic acids is 1. The summed E-state index contributed by atoms with van der Waals surface area (Å²) in [4.78, 5) is 20.5. The molecule has 0 spiro atoms. The van der Waals surface area contributed by atoms with E-state index >= 15 is 0 Å². The fourth-order valence-electron chi connectivity index (χ4n) is 3.45. The molecule has 0 N–H and O–H groups in total. The van der Waals surface area contributed by atoms with Crippen LogP contribution in [0, 0.1) is 0 Å². The number of hydrogen-bond acceptors (Lipinski definition) is 7. The van der Waals surface area contributed by atoms with Crippen molar-refractivity contribution < 1.29 is 18.8 Å². The highest BCUT2D eigenvalue weighted by Crippen LogP contribution is 2.31. The predicted molar refractivity (Wildman–Crippen MR) is 123 cm³/mol. The Bertz CT molecular complexity index is 1070. The highest BCUT2D eigenvalue weighted by Gasteiger charge is 2.17. The minimum Gasteiger partial charge on any atom is -0.474 e. The molecule has 0 atom stereocenters. The zero-order valence-corrected chi connectivity index (χ0v) is 19.6. The van der Waals surface area contributed by atoms with Crippen molar-refractivity contribution in [2.75, 3.05) is 6.61 Å². The second-order valence-corrected chi connectivity index (χ2v) is 7.96. The number of esters is 1. The number of pyridine rings is 1. The second-order valence-electron chi connectivity index (χ2n) is 7.56. The molecule has 0 fully saturated rings. The molecule has 0 aliphatic rings. The molecule has 0 amide bonds. The van der Waals surface area contributed by atoms with E-state index in [2.05, 4.69) is 28.1 Å². The van der Waals surface area contributed by atoms with Crippen molar-refractivity contribution in [2.24, 2.45) is 0 Å². The summed E-state index contributed by atoms with van der Waals surface area (Å²) in [6.07, 6.45) is 4.28. The van der Waals surface area contributed by atoms with Crippen LogP contribution in [0.25, 0.3) is 22.8 Å². The first-order valence-electron chi connectivity index (χ1n) is 10.9. The molecule has 8 heteroatoms. The van der Waals surface area contributed by atoms with E-state index in [0.717, 1.165) is 30.4 Å². The summed E-state index contributed by atoms with van der Waals surface area (Å²) < 4.78 is 16.1. The number of halogens is 1. The molecule has 32 heavy (non-hydrogen) atoms. The molecular weight excluding hydrogens is 430 g/mol. The molecule has 0 radical (unpaired) electrons. The fraction of sp³-hybridized carbons (Fsp3) is 0.417. The fourth-order valence-corrected chi connectivity index (χ4v) is 3.67. The van der Waals surface area contributed by atoms with Crippen molar-refractivity contribution in [2.45, 2.75) is 59.5 Å². The van der Waals surface area contributed by atoms with Crippen LogP contribution in [0.1, 0.15) is 51.7 Å². The van der Waals surface area contributed by atoms with Gasteiger partial charge < -0.3 is 14.0 Å². The molecule has 0 saturated heterocycles. The van der Waals surface area contributed by atoms with E-state index in [4.69, 9.17) is 25.6 Å². The molecule has 3 rings (SSSR count). The molecule has 0 saturated carbocycles. The third-order valence-corrected chi connectivity index (χ3v) is 5.10. The van der Waals surface area contributed by atoms with Crippen LogP contribution in [0.3, 0.4) is 0 Å². The van der Waals surface area contributed by atoms with Crippen LogP contribution in [0.2, 0.25) is 5.02 Å². The van der Waals surface area contributed by atoms with Crippen LogP contribution in [0.15, 0.2) is 35.0 Å². The zero-order valence-electron chi connectivity index (χ0n) is 18.9. The lowest BCUT2D eigenvalue weighted by atomic mass is 9.95. The van der Waals surface area contributed by atoms with Gasteiger partial charge in [0.2, 0.25) is 11.7 Å².